The molecular formula is C20H22N4O3. The van der Waals surface area contributed by atoms with Gasteiger partial charge in [-0.2, -0.15) is 5.10 Å². The number of hydrogen-bond acceptors (Lipinski definition) is 5. The van der Waals surface area contributed by atoms with Crippen LogP contribution in [-0.4, -0.2) is 32.1 Å². The fourth-order valence-corrected chi connectivity index (χ4v) is 3.47. The zero-order valence-electron chi connectivity index (χ0n) is 15.7. The van der Waals surface area contributed by atoms with Gasteiger partial charge in [0.25, 0.3) is 5.91 Å². The number of carbonyl (C=O) groups is 1. The third-order valence-corrected chi connectivity index (χ3v) is 4.95. The van der Waals surface area contributed by atoms with Gasteiger partial charge in [-0.3, -0.25) is 9.48 Å². The monoisotopic (exact) mass is 366 g/mol. The molecule has 27 heavy (non-hydrogen) atoms. The van der Waals surface area contributed by atoms with Gasteiger partial charge in [0.1, 0.15) is 18.1 Å². The Morgan fingerprint density at radius 2 is 2.19 bits per heavy atom. The second kappa shape index (κ2) is 6.90. The highest BCUT2D eigenvalue weighted by atomic mass is 16.5. The van der Waals surface area contributed by atoms with Gasteiger partial charge in [-0.1, -0.05) is 0 Å². The average molecular weight is 366 g/mol. The van der Waals surface area contributed by atoms with Crippen LogP contribution in [-0.2, 0) is 26.6 Å². The summed E-state index contributed by atoms with van der Waals surface area (Å²) in [6, 6.07) is 5.55. The van der Waals surface area contributed by atoms with Crippen molar-refractivity contribution in [2.45, 2.75) is 33.4 Å². The number of aromatic nitrogens is 3. The van der Waals surface area contributed by atoms with Crippen LogP contribution in [0.25, 0.3) is 0 Å². The molecule has 7 nitrogen and oxygen atoms in total. The number of carbonyl (C=O) groups excluding carboxylic acids is 1. The normalized spacial score (nSPS) is 13.5. The van der Waals surface area contributed by atoms with Gasteiger partial charge in [0.05, 0.1) is 11.8 Å². The molecule has 0 bridgehead atoms. The highest BCUT2D eigenvalue weighted by molar-refractivity contribution is 5.95. The maximum atomic E-state index is 12.8. The quantitative estimate of drug-likeness (QED) is 0.710. The molecule has 0 atom stereocenters. The van der Waals surface area contributed by atoms with Gasteiger partial charge in [-0.05, 0) is 31.5 Å². The molecule has 7 heteroatoms. The number of nitrogens with zero attached hydrogens (tertiary/aromatic N) is 4. The molecule has 0 radical (unpaired) electrons. The largest absolute Gasteiger partial charge is 0.471 e. The molecular weight excluding hydrogens is 344 g/mol. The summed E-state index contributed by atoms with van der Waals surface area (Å²) >= 11 is 0. The lowest BCUT2D eigenvalue weighted by Gasteiger charge is -2.27. The van der Waals surface area contributed by atoms with E-state index in [0.717, 1.165) is 28.9 Å². The molecule has 0 aromatic carbocycles. The molecule has 1 aliphatic heterocycles. The highest BCUT2D eigenvalue weighted by Crippen LogP contribution is 2.25. The first-order valence-corrected chi connectivity index (χ1v) is 8.95. The number of ether oxygens (including phenoxy) is 1. The zero-order valence-corrected chi connectivity index (χ0v) is 15.7. The van der Waals surface area contributed by atoms with Crippen molar-refractivity contribution in [3.05, 3.63) is 64.5 Å². The smallest absolute Gasteiger partial charge is 0.257 e. The van der Waals surface area contributed by atoms with Crippen molar-refractivity contribution < 1.29 is 13.9 Å². The number of rotatable bonds is 4. The molecule has 3 aromatic rings. The van der Waals surface area contributed by atoms with E-state index < -0.39 is 0 Å². The highest BCUT2D eigenvalue weighted by Gasteiger charge is 2.28. The Kier molecular flexibility index (Phi) is 4.43. The number of hydrogen-bond donors (Lipinski definition) is 0. The molecule has 140 valence electrons. The van der Waals surface area contributed by atoms with Crippen LogP contribution in [0.3, 0.4) is 0 Å². The lowest BCUT2D eigenvalue weighted by Crippen LogP contribution is -2.36. The summed E-state index contributed by atoms with van der Waals surface area (Å²) in [5.41, 5.74) is 4.77. The lowest BCUT2D eigenvalue weighted by atomic mass is 10.0. The minimum absolute atomic E-state index is 0.0111. The number of fused-ring (bicyclic) bond motifs is 1. The van der Waals surface area contributed by atoms with Crippen molar-refractivity contribution in [3.63, 3.8) is 0 Å². The van der Waals surface area contributed by atoms with Crippen LogP contribution in [0.2, 0.25) is 0 Å². The Morgan fingerprint density at radius 3 is 2.93 bits per heavy atom. The first-order chi connectivity index (χ1) is 13.0. The van der Waals surface area contributed by atoms with E-state index in [1.54, 1.807) is 25.5 Å². The average Bonchev–Trinajstić information content (AvgIpc) is 3.22. The van der Waals surface area contributed by atoms with Gasteiger partial charge in [-0.15, -0.1) is 0 Å². The molecule has 3 aromatic heterocycles. The first kappa shape index (κ1) is 17.3. The maximum Gasteiger partial charge on any atom is 0.257 e. The van der Waals surface area contributed by atoms with E-state index in [1.165, 1.54) is 0 Å². The summed E-state index contributed by atoms with van der Waals surface area (Å²) in [6.45, 7) is 5.31. The van der Waals surface area contributed by atoms with Crippen molar-refractivity contribution in [3.8, 4) is 5.88 Å². The SMILES string of the molecule is Cc1ccnc(OCc2nn(C)c3c2CN(C(=O)c2ccoc2C)CC3)c1. The Labute approximate surface area is 157 Å². The van der Waals surface area contributed by atoms with E-state index in [4.69, 9.17) is 9.15 Å². The van der Waals surface area contributed by atoms with E-state index in [0.29, 0.717) is 36.9 Å². The van der Waals surface area contributed by atoms with E-state index in [1.807, 2.05) is 35.7 Å². The summed E-state index contributed by atoms with van der Waals surface area (Å²) in [7, 11) is 1.94. The number of aryl methyl sites for hydroxylation is 3. The van der Waals surface area contributed by atoms with Gasteiger partial charge >= 0.3 is 0 Å². The second-order valence-electron chi connectivity index (χ2n) is 6.82. The number of amides is 1. The van der Waals surface area contributed by atoms with Crippen molar-refractivity contribution >= 4 is 5.91 Å². The Balaban J connectivity index is 1.54. The summed E-state index contributed by atoms with van der Waals surface area (Å²) < 4.78 is 13.0. The maximum absolute atomic E-state index is 12.8. The zero-order chi connectivity index (χ0) is 19.0. The van der Waals surface area contributed by atoms with Gasteiger partial charge in [0.2, 0.25) is 5.88 Å². The van der Waals surface area contributed by atoms with Gasteiger partial charge in [0, 0.05) is 50.1 Å². The third-order valence-electron chi connectivity index (χ3n) is 4.95. The van der Waals surface area contributed by atoms with Crippen LogP contribution in [0.4, 0.5) is 0 Å². The summed E-state index contributed by atoms with van der Waals surface area (Å²) in [6.07, 6.45) is 4.05. The predicted octanol–water partition coefficient (Wildman–Crippen LogP) is 2.80. The third kappa shape index (κ3) is 3.32. The molecule has 0 spiro atoms. The van der Waals surface area contributed by atoms with Gasteiger partial charge < -0.3 is 14.1 Å². The fraction of sp³-hybridized carbons (Fsp3) is 0.350. The van der Waals surface area contributed by atoms with Crippen LogP contribution >= 0.6 is 0 Å². The number of pyridine rings is 1. The van der Waals surface area contributed by atoms with Crippen molar-refractivity contribution in [2.24, 2.45) is 7.05 Å². The van der Waals surface area contributed by atoms with Crippen LogP contribution in [0, 0.1) is 13.8 Å². The van der Waals surface area contributed by atoms with Crippen LogP contribution in [0.15, 0.2) is 35.1 Å². The topological polar surface area (TPSA) is 73.4 Å². The Morgan fingerprint density at radius 1 is 1.33 bits per heavy atom. The molecule has 0 unspecified atom stereocenters. The molecule has 0 saturated carbocycles. The molecule has 0 fully saturated rings. The van der Waals surface area contributed by atoms with E-state index in [-0.39, 0.29) is 5.91 Å². The summed E-state index contributed by atoms with van der Waals surface area (Å²) in [4.78, 5) is 18.9. The summed E-state index contributed by atoms with van der Waals surface area (Å²) in [5, 5.41) is 4.61. The second-order valence-corrected chi connectivity index (χ2v) is 6.82. The molecule has 0 N–H and O–H groups in total. The lowest BCUT2D eigenvalue weighted by molar-refractivity contribution is 0.0730. The molecule has 0 aliphatic carbocycles. The van der Waals surface area contributed by atoms with Crippen LogP contribution < -0.4 is 4.74 Å². The summed E-state index contributed by atoms with van der Waals surface area (Å²) in [5.74, 6) is 1.21. The van der Waals surface area contributed by atoms with Gasteiger partial charge in [0.15, 0.2) is 0 Å². The number of furan rings is 1. The molecule has 1 aliphatic rings. The van der Waals surface area contributed by atoms with Gasteiger partial charge in [-0.25, -0.2) is 4.98 Å². The first-order valence-electron chi connectivity index (χ1n) is 8.95. The van der Waals surface area contributed by atoms with Crippen molar-refractivity contribution in [2.75, 3.05) is 6.54 Å². The molecule has 1 amide bonds. The fourth-order valence-electron chi connectivity index (χ4n) is 3.47. The molecule has 4 rings (SSSR count). The minimum Gasteiger partial charge on any atom is -0.471 e. The minimum atomic E-state index is -0.0111. The predicted molar refractivity (Wildman–Crippen MR) is 98.4 cm³/mol. The van der Waals surface area contributed by atoms with Crippen molar-refractivity contribution in [1.29, 1.82) is 0 Å². The standard InChI is InChI=1S/C20H22N4O3/c1-13-4-7-21-19(10-13)27-12-17-16-11-24(8-5-18(16)23(3)22-17)20(25)15-6-9-26-14(15)2/h4,6-7,9-10H,5,8,11-12H2,1-3H3. The van der Waals surface area contributed by atoms with Crippen LogP contribution in [0.5, 0.6) is 5.88 Å². The van der Waals surface area contributed by atoms with E-state index in [9.17, 15) is 4.79 Å². The Hall–Kier alpha value is -3.09. The van der Waals surface area contributed by atoms with E-state index in [2.05, 4.69) is 10.1 Å². The molecule has 4 heterocycles. The van der Waals surface area contributed by atoms with Crippen molar-refractivity contribution in [1.82, 2.24) is 19.7 Å². The van der Waals surface area contributed by atoms with Crippen LogP contribution in [0.1, 0.15) is 38.6 Å². The molecule has 0 saturated heterocycles. The Bertz CT molecular complexity index is 989. The van der Waals surface area contributed by atoms with E-state index >= 15 is 0 Å².